The van der Waals surface area contributed by atoms with E-state index in [1.807, 2.05) is 74.5 Å². The summed E-state index contributed by atoms with van der Waals surface area (Å²) in [4.78, 5) is 37.1. The fourth-order valence-electron chi connectivity index (χ4n) is 7.24. The summed E-state index contributed by atoms with van der Waals surface area (Å²) in [6, 6.07) is 25.5. The molecule has 0 fully saturated rings. The van der Waals surface area contributed by atoms with Gasteiger partial charge in [-0.3, -0.25) is 14.7 Å². The number of nitrogens with two attached hydrogens (primary N) is 2. The highest BCUT2D eigenvalue weighted by molar-refractivity contribution is 5.90. The molecule has 3 aromatic heterocycles. The van der Waals surface area contributed by atoms with Gasteiger partial charge >= 0.3 is 0 Å². The fraction of sp³-hybridized carbons (Fsp3) is 0.273. The number of nitrogens with zero attached hydrogens (tertiary/aromatic N) is 5. The molecule has 58 heavy (non-hydrogen) atoms. The van der Waals surface area contributed by atoms with Crippen molar-refractivity contribution in [3.05, 3.63) is 143 Å². The zero-order valence-electron chi connectivity index (χ0n) is 32.8. The molecule has 0 radical (unpaired) electrons. The first-order valence-corrected chi connectivity index (χ1v) is 19.3. The van der Waals surface area contributed by atoms with Gasteiger partial charge in [0.2, 0.25) is 17.7 Å². The number of H-pyrrole nitrogens is 1. The van der Waals surface area contributed by atoms with Crippen LogP contribution in [0.25, 0.3) is 22.0 Å². The number of nitrogens with one attached hydrogen (secondary N) is 3. The van der Waals surface area contributed by atoms with Gasteiger partial charge in [-0.25, -0.2) is 4.98 Å². The highest BCUT2D eigenvalue weighted by atomic mass is 16.5. The molecule has 0 saturated heterocycles. The molecule has 14 heteroatoms. The van der Waals surface area contributed by atoms with Gasteiger partial charge in [0.1, 0.15) is 17.8 Å². The molecule has 0 aliphatic carbocycles. The summed E-state index contributed by atoms with van der Waals surface area (Å²) in [5.41, 5.74) is 20.1. The predicted molar refractivity (Wildman–Crippen MR) is 222 cm³/mol. The van der Waals surface area contributed by atoms with Crippen LogP contribution in [0.1, 0.15) is 58.4 Å². The quantitative estimate of drug-likeness (QED) is 0.0780. The average Bonchev–Trinajstić information content (AvgIpc) is 4.01. The summed E-state index contributed by atoms with van der Waals surface area (Å²) in [7, 11) is 1.61. The standard InChI is InChI=1S/C44H48N10O4/c1-27-21-33(57-3)22-28(2)34(27)25-38(49-41(55)36(45)12-8-19-54-20-18-47-44(54)46)42(56)50-39(24-32-11-7-13-37-35(32)26-48-52-37)43-51-40(53-58-43)23-29-14-16-31(17-15-29)30-9-5-4-6-10-30/h4-7,9-11,13-18,20-22,26,36,38-39H,8,12,19,23-25,45H2,1-3H3,(H2,46,47)(H,48,52)(H,49,55)(H,50,56)/t36?,38?,39-/m0/s1. The van der Waals surface area contributed by atoms with Crippen molar-refractivity contribution in [1.29, 1.82) is 0 Å². The number of aromatic amines is 1. The van der Waals surface area contributed by atoms with Crippen molar-refractivity contribution < 1.29 is 18.8 Å². The Hall–Kier alpha value is -6.80. The maximum Gasteiger partial charge on any atom is 0.249 e. The smallest absolute Gasteiger partial charge is 0.249 e. The molecule has 7 rings (SSSR count). The Bertz CT molecular complexity index is 2450. The number of rotatable bonds is 17. The molecule has 298 valence electrons. The van der Waals surface area contributed by atoms with Crippen LogP contribution in [0.2, 0.25) is 0 Å². The van der Waals surface area contributed by atoms with Gasteiger partial charge in [0, 0.05) is 43.6 Å². The zero-order valence-corrected chi connectivity index (χ0v) is 32.8. The highest BCUT2D eigenvalue weighted by Crippen LogP contribution is 2.26. The van der Waals surface area contributed by atoms with Crippen molar-refractivity contribution in [2.24, 2.45) is 5.73 Å². The van der Waals surface area contributed by atoms with Crippen molar-refractivity contribution in [2.75, 3.05) is 12.8 Å². The predicted octanol–water partition coefficient (Wildman–Crippen LogP) is 5.54. The number of aryl methyl sites for hydroxylation is 3. The maximum atomic E-state index is 14.6. The number of carbonyl (C=O) groups is 2. The number of anilines is 1. The van der Waals surface area contributed by atoms with Crippen LogP contribution in [0.5, 0.6) is 5.75 Å². The van der Waals surface area contributed by atoms with E-state index in [0.717, 1.165) is 49.8 Å². The second-order valence-corrected chi connectivity index (χ2v) is 14.5. The summed E-state index contributed by atoms with van der Waals surface area (Å²) in [5.74, 6) is 0.937. The Labute approximate surface area is 336 Å². The van der Waals surface area contributed by atoms with Crippen molar-refractivity contribution in [1.82, 2.24) is 40.5 Å². The Kier molecular flexibility index (Phi) is 12.2. The van der Waals surface area contributed by atoms with Crippen LogP contribution >= 0.6 is 0 Å². The zero-order chi connectivity index (χ0) is 40.6. The lowest BCUT2D eigenvalue weighted by Gasteiger charge is -2.25. The third-order valence-electron chi connectivity index (χ3n) is 10.5. The minimum absolute atomic E-state index is 0.204. The third kappa shape index (κ3) is 9.41. The van der Waals surface area contributed by atoms with Crippen LogP contribution in [0.3, 0.4) is 0 Å². The van der Waals surface area contributed by atoms with E-state index in [2.05, 4.69) is 55.2 Å². The van der Waals surface area contributed by atoms with Crippen molar-refractivity contribution in [3.63, 3.8) is 0 Å². The first-order valence-electron chi connectivity index (χ1n) is 19.3. The Morgan fingerprint density at radius 2 is 1.69 bits per heavy atom. The van der Waals surface area contributed by atoms with Gasteiger partial charge in [0.05, 0.1) is 24.9 Å². The monoisotopic (exact) mass is 780 g/mol. The molecule has 3 heterocycles. The van der Waals surface area contributed by atoms with Crippen LogP contribution in [0.15, 0.2) is 108 Å². The van der Waals surface area contributed by atoms with E-state index in [0.29, 0.717) is 49.8 Å². The number of imidazole rings is 1. The first-order chi connectivity index (χ1) is 28.1. The van der Waals surface area contributed by atoms with Crippen molar-refractivity contribution >= 4 is 28.7 Å². The summed E-state index contributed by atoms with van der Waals surface area (Å²) >= 11 is 0. The molecular weight excluding hydrogens is 733 g/mol. The fourth-order valence-corrected chi connectivity index (χ4v) is 7.24. The average molecular weight is 781 g/mol. The van der Waals surface area contributed by atoms with Crippen LogP contribution in [0, 0.1) is 13.8 Å². The number of hydrogen-bond donors (Lipinski definition) is 5. The van der Waals surface area contributed by atoms with Crippen molar-refractivity contribution in [3.8, 4) is 16.9 Å². The summed E-state index contributed by atoms with van der Waals surface area (Å²) in [5, 5.41) is 18.6. The number of ether oxygens (including phenoxy) is 1. The number of hydrogen-bond acceptors (Lipinski definition) is 10. The van der Waals surface area contributed by atoms with Crippen LogP contribution < -0.4 is 26.8 Å². The molecule has 3 atom stereocenters. The van der Waals surface area contributed by atoms with Gasteiger partial charge in [-0.05, 0) is 83.8 Å². The van der Waals surface area contributed by atoms with E-state index < -0.39 is 29.9 Å². The van der Waals surface area contributed by atoms with E-state index >= 15 is 0 Å². The van der Waals surface area contributed by atoms with Gasteiger partial charge in [-0.2, -0.15) is 10.1 Å². The molecule has 4 aromatic carbocycles. The Morgan fingerprint density at radius 3 is 2.41 bits per heavy atom. The van der Waals surface area contributed by atoms with E-state index in [1.54, 1.807) is 30.3 Å². The number of amides is 2. The van der Waals surface area contributed by atoms with Crippen molar-refractivity contribution in [2.45, 2.75) is 70.6 Å². The van der Waals surface area contributed by atoms with Crippen LogP contribution in [-0.4, -0.2) is 60.9 Å². The Morgan fingerprint density at radius 1 is 0.931 bits per heavy atom. The van der Waals surface area contributed by atoms with Gasteiger partial charge < -0.3 is 35.9 Å². The molecule has 7 aromatic rings. The number of fused-ring (bicyclic) bond motifs is 1. The summed E-state index contributed by atoms with van der Waals surface area (Å²) in [6.45, 7) is 4.47. The lowest BCUT2D eigenvalue weighted by Crippen LogP contribution is -2.53. The lowest BCUT2D eigenvalue weighted by molar-refractivity contribution is -0.130. The van der Waals surface area contributed by atoms with Gasteiger partial charge in [-0.15, -0.1) is 0 Å². The second-order valence-electron chi connectivity index (χ2n) is 14.5. The number of carbonyl (C=O) groups excluding carboxylic acids is 2. The molecule has 7 N–H and O–H groups in total. The SMILES string of the molecule is COc1cc(C)c(CC(NC(=O)C(N)CCCn2ccnc2N)C(=O)N[C@@H](Cc2cccc3[nH]ncc23)c2nc(Cc3ccc(-c4ccccc4)cc3)no2)c(C)c1. The lowest BCUT2D eigenvalue weighted by atomic mass is 9.94. The van der Waals surface area contributed by atoms with E-state index in [1.165, 1.54) is 0 Å². The normalized spacial score (nSPS) is 12.9. The third-order valence-corrected chi connectivity index (χ3v) is 10.5. The molecule has 0 spiro atoms. The van der Waals surface area contributed by atoms with Crippen LogP contribution in [-0.2, 0) is 35.4 Å². The van der Waals surface area contributed by atoms with E-state index in [-0.39, 0.29) is 12.3 Å². The summed E-state index contributed by atoms with van der Waals surface area (Å²) in [6.07, 6.45) is 7.05. The number of methoxy groups -OCH3 is 1. The van der Waals surface area contributed by atoms with Gasteiger partial charge in [-0.1, -0.05) is 71.9 Å². The second kappa shape index (κ2) is 18.0. The van der Waals surface area contributed by atoms with Gasteiger partial charge in [0.25, 0.3) is 0 Å². The summed E-state index contributed by atoms with van der Waals surface area (Å²) < 4.78 is 13.2. The Balaban J connectivity index is 1.14. The van der Waals surface area contributed by atoms with Crippen LogP contribution in [0.4, 0.5) is 5.95 Å². The van der Waals surface area contributed by atoms with E-state index in [9.17, 15) is 9.59 Å². The molecule has 0 saturated carbocycles. The molecule has 2 amide bonds. The topological polar surface area (TPSA) is 205 Å². The number of nitrogen functional groups attached to an aromatic ring is 1. The molecule has 0 aliphatic heterocycles. The number of benzene rings is 4. The molecule has 14 nitrogen and oxygen atoms in total. The molecule has 2 unspecified atom stereocenters. The molecular formula is C44H48N10O4. The van der Waals surface area contributed by atoms with Gasteiger partial charge in [0.15, 0.2) is 11.8 Å². The highest BCUT2D eigenvalue weighted by Gasteiger charge is 2.30. The minimum atomic E-state index is -0.994. The minimum Gasteiger partial charge on any atom is -0.497 e. The first kappa shape index (κ1) is 39.4. The number of aromatic nitrogens is 6. The molecule has 0 bridgehead atoms. The largest absolute Gasteiger partial charge is 0.497 e. The maximum absolute atomic E-state index is 14.6. The van der Waals surface area contributed by atoms with E-state index in [4.69, 9.17) is 25.7 Å². The molecule has 0 aliphatic rings.